The van der Waals surface area contributed by atoms with E-state index in [1.807, 2.05) is 0 Å². The van der Waals surface area contributed by atoms with E-state index >= 15 is 0 Å². The highest BCUT2D eigenvalue weighted by atomic mass is 15.1. The van der Waals surface area contributed by atoms with Gasteiger partial charge in [0.2, 0.25) is 0 Å². The quantitative estimate of drug-likeness (QED) is 0.156. The zero-order valence-electron chi connectivity index (χ0n) is 30.9. The first kappa shape index (κ1) is 33.2. The van der Waals surface area contributed by atoms with Crippen LogP contribution in [0.5, 0.6) is 0 Å². The van der Waals surface area contributed by atoms with Gasteiger partial charge in [0, 0.05) is 46.5 Å². The summed E-state index contributed by atoms with van der Waals surface area (Å²) in [6.07, 6.45) is 0. The van der Waals surface area contributed by atoms with Crippen molar-refractivity contribution < 1.29 is 0 Å². The Balaban J connectivity index is 1.12. The van der Waals surface area contributed by atoms with E-state index in [-0.39, 0.29) is 5.41 Å². The van der Waals surface area contributed by atoms with E-state index in [0.717, 1.165) is 22.7 Å². The maximum atomic E-state index is 2.41. The SMILES string of the molecule is CN(c1ccccc1)c1ccc(-c2ccc(N(c3ccc(-c4ccccc4)cc3)c3ccc4c(c3)C(C)(C)c3ccccc3-4)cc2)cc1-c1ccccc1. The van der Waals surface area contributed by atoms with Crippen LogP contribution in [0.2, 0.25) is 0 Å². The summed E-state index contributed by atoms with van der Waals surface area (Å²) in [6, 6.07) is 72.6. The summed E-state index contributed by atoms with van der Waals surface area (Å²) in [4.78, 5) is 4.66. The Morgan fingerprint density at radius 3 is 1.46 bits per heavy atom. The number of nitrogens with zero attached hydrogens (tertiary/aromatic N) is 2. The van der Waals surface area contributed by atoms with Gasteiger partial charge in [-0.2, -0.15) is 0 Å². The van der Waals surface area contributed by atoms with E-state index in [1.165, 1.54) is 61.3 Å². The lowest BCUT2D eigenvalue weighted by Gasteiger charge is -2.28. The lowest BCUT2D eigenvalue weighted by Crippen LogP contribution is -2.16. The lowest BCUT2D eigenvalue weighted by molar-refractivity contribution is 0.660. The number of benzene rings is 8. The molecule has 0 amide bonds. The summed E-state index contributed by atoms with van der Waals surface area (Å²) in [5.41, 5.74) is 18.2. The minimum Gasteiger partial charge on any atom is -0.344 e. The van der Waals surface area contributed by atoms with Gasteiger partial charge in [-0.05, 0) is 111 Å². The van der Waals surface area contributed by atoms with E-state index in [4.69, 9.17) is 0 Å². The number of anilines is 5. The zero-order chi connectivity index (χ0) is 36.6. The monoisotopic (exact) mass is 694 g/mol. The summed E-state index contributed by atoms with van der Waals surface area (Å²) < 4.78 is 0. The third kappa shape index (κ3) is 5.96. The number of hydrogen-bond acceptors (Lipinski definition) is 2. The Morgan fingerprint density at radius 1 is 0.333 bits per heavy atom. The van der Waals surface area contributed by atoms with Crippen molar-refractivity contribution in [3.63, 3.8) is 0 Å². The molecule has 0 bridgehead atoms. The highest BCUT2D eigenvalue weighted by molar-refractivity contribution is 5.88. The Bertz CT molecular complexity index is 2550. The maximum Gasteiger partial charge on any atom is 0.0488 e. The molecule has 260 valence electrons. The smallest absolute Gasteiger partial charge is 0.0488 e. The third-order valence-corrected chi connectivity index (χ3v) is 11.1. The minimum atomic E-state index is -0.0914. The standard InChI is InChI=1S/C52H42N2/c1-52(2)49-22-14-13-21-46(49)47-33-32-45(36-50(47)52)54(43-28-23-38(24-29-43)37-15-7-4-8-16-37)44-30-25-39(26-31-44)41-27-34-51(53(3)42-19-11-6-12-20-42)48(35-41)40-17-9-5-10-18-40/h4-36H,1-3H3. The first-order chi connectivity index (χ1) is 26.5. The highest BCUT2D eigenvalue weighted by Gasteiger charge is 2.35. The van der Waals surface area contributed by atoms with Crippen molar-refractivity contribution in [1.82, 2.24) is 0 Å². The molecule has 0 fully saturated rings. The predicted molar refractivity (Wildman–Crippen MR) is 230 cm³/mol. The van der Waals surface area contributed by atoms with Crippen LogP contribution >= 0.6 is 0 Å². The molecule has 1 aliphatic rings. The zero-order valence-corrected chi connectivity index (χ0v) is 30.9. The molecule has 0 spiro atoms. The lowest BCUT2D eigenvalue weighted by atomic mass is 9.82. The van der Waals surface area contributed by atoms with Crippen molar-refractivity contribution >= 4 is 28.4 Å². The van der Waals surface area contributed by atoms with Crippen molar-refractivity contribution in [1.29, 1.82) is 0 Å². The average molecular weight is 695 g/mol. The Labute approximate surface area is 319 Å². The van der Waals surface area contributed by atoms with Crippen LogP contribution in [0.15, 0.2) is 200 Å². The van der Waals surface area contributed by atoms with Crippen LogP contribution in [-0.2, 0) is 5.41 Å². The molecule has 2 nitrogen and oxygen atoms in total. The topological polar surface area (TPSA) is 6.48 Å². The first-order valence-electron chi connectivity index (χ1n) is 18.7. The third-order valence-electron chi connectivity index (χ3n) is 11.1. The van der Waals surface area contributed by atoms with E-state index in [2.05, 4.69) is 231 Å². The molecule has 8 aromatic rings. The van der Waals surface area contributed by atoms with Crippen molar-refractivity contribution in [3.8, 4) is 44.5 Å². The van der Waals surface area contributed by atoms with Gasteiger partial charge in [0.1, 0.15) is 0 Å². The molecule has 2 heteroatoms. The largest absolute Gasteiger partial charge is 0.344 e. The fraction of sp³-hybridized carbons (Fsp3) is 0.0769. The van der Waals surface area contributed by atoms with Crippen molar-refractivity contribution in [2.24, 2.45) is 0 Å². The van der Waals surface area contributed by atoms with Crippen molar-refractivity contribution in [3.05, 3.63) is 211 Å². The van der Waals surface area contributed by atoms with Gasteiger partial charge in [0.15, 0.2) is 0 Å². The first-order valence-corrected chi connectivity index (χ1v) is 18.7. The molecule has 9 rings (SSSR count). The molecule has 1 aliphatic carbocycles. The predicted octanol–water partition coefficient (Wildman–Crippen LogP) is 14.2. The molecule has 0 saturated carbocycles. The molecule has 0 N–H and O–H groups in total. The minimum absolute atomic E-state index is 0.0914. The fourth-order valence-electron chi connectivity index (χ4n) is 8.16. The second-order valence-corrected chi connectivity index (χ2v) is 14.7. The van der Waals surface area contributed by atoms with Crippen LogP contribution in [0, 0.1) is 0 Å². The Hall–Kier alpha value is -6.64. The summed E-state index contributed by atoms with van der Waals surface area (Å²) >= 11 is 0. The number of para-hydroxylation sites is 1. The maximum absolute atomic E-state index is 2.41. The molecule has 8 aromatic carbocycles. The Kier molecular flexibility index (Phi) is 8.44. The summed E-state index contributed by atoms with van der Waals surface area (Å²) in [5.74, 6) is 0. The van der Waals surface area contributed by atoms with Crippen LogP contribution in [0.3, 0.4) is 0 Å². The normalized spacial score (nSPS) is 12.5. The molecule has 0 aromatic heterocycles. The molecule has 0 unspecified atom stereocenters. The highest BCUT2D eigenvalue weighted by Crippen LogP contribution is 2.50. The number of fused-ring (bicyclic) bond motifs is 3. The second kappa shape index (κ2) is 13.7. The molecule has 0 aliphatic heterocycles. The van der Waals surface area contributed by atoms with Crippen molar-refractivity contribution in [2.45, 2.75) is 19.3 Å². The summed E-state index contributed by atoms with van der Waals surface area (Å²) in [5, 5.41) is 0. The number of rotatable bonds is 8. The molecule has 0 radical (unpaired) electrons. The molecule has 0 heterocycles. The van der Waals surface area contributed by atoms with Crippen LogP contribution in [0.1, 0.15) is 25.0 Å². The van der Waals surface area contributed by atoms with E-state index in [1.54, 1.807) is 0 Å². The number of hydrogen-bond donors (Lipinski definition) is 0. The van der Waals surface area contributed by atoms with E-state index < -0.39 is 0 Å². The molecule has 0 atom stereocenters. The van der Waals surface area contributed by atoms with Gasteiger partial charge in [-0.1, -0.05) is 153 Å². The van der Waals surface area contributed by atoms with Crippen LogP contribution in [0.4, 0.5) is 28.4 Å². The van der Waals surface area contributed by atoms with Crippen LogP contribution in [0.25, 0.3) is 44.5 Å². The van der Waals surface area contributed by atoms with Gasteiger partial charge >= 0.3 is 0 Å². The molecule has 0 saturated heterocycles. The van der Waals surface area contributed by atoms with Gasteiger partial charge in [0.05, 0.1) is 0 Å². The van der Waals surface area contributed by atoms with Crippen LogP contribution < -0.4 is 9.80 Å². The van der Waals surface area contributed by atoms with Crippen molar-refractivity contribution in [2.75, 3.05) is 16.8 Å². The Morgan fingerprint density at radius 2 is 0.815 bits per heavy atom. The molecular weight excluding hydrogens is 653 g/mol. The van der Waals surface area contributed by atoms with Gasteiger partial charge in [-0.15, -0.1) is 0 Å². The summed E-state index contributed by atoms with van der Waals surface area (Å²) in [6.45, 7) is 4.70. The second-order valence-electron chi connectivity index (χ2n) is 14.7. The molecule has 54 heavy (non-hydrogen) atoms. The van der Waals surface area contributed by atoms with Gasteiger partial charge in [-0.3, -0.25) is 0 Å². The fourth-order valence-corrected chi connectivity index (χ4v) is 8.16. The van der Waals surface area contributed by atoms with E-state index in [9.17, 15) is 0 Å². The van der Waals surface area contributed by atoms with Gasteiger partial charge < -0.3 is 9.80 Å². The van der Waals surface area contributed by atoms with Crippen LogP contribution in [-0.4, -0.2) is 7.05 Å². The summed E-state index contributed by atoms with van der Waals surface area (Å²) in [7, 11) is 2.14. The molecular formula is C52H42N2. The average Bonchev–Trinajstić information content (AvgIpc) is 3.47. The van der Waals surface area contributed by atoms with E-state index in [0.29, 0.717) is 0 Å². The van der Waals surface area contributed by atoms with Gasteiger partial charge in [0.25, 0.3) is 0 Å². The van der Waals surface area contributed by atoms with Gasteiger partial charge in [-0.25, -0.2) is 0 Å².